The molecule has 12 rings (SSSR count). The lowest BCUT2D eigenvalue weighted by atomic mass is 9.81. The number of rotatable bonds is 4. The van der Waals surface area contributed by atoms with Crippen molar-refractivity contribution >= 4 is 54.1 Å². The smallest absolute Gasteiger partial charge is 0.160 e. The SMILES string of the molecule is CC1(C)c2ccccc2-c2ccc3c4cc5c6ccccc6c6ccccc6c5cc4n(-c4cccc(-c5nc(-c6ccccc6)cc(-c6ccccc6)n5)c4)c3c21. The molecule has 9 aromatic carbocycles. The first-order valence-electron chi connectivity index (χ1n) is 20.1. The van der Waals surface area contributed by atoms with Crippen molar-refractivity contribution in [2.24, 2.45) is 0 Å². The first-order chi connectivity index (χ1) is 28.5. The molecule has 0 saturated carbocycles. The van der Waals surface area contributed by atoms with E-state index < -0.39 is 0 Å². The van der Waals surface area contributed by atoms with Gasteiger partial charge in [-0.25, -0.2) is 9.97 Å². The molecule has 272 valence electrons. The molecule has 0 N–H and O–H groups in total. The lowest BCUT2D eigenvalue weighted by molar-refractivity contribution is 0.664. The summed E-state index contributed by atoms with van der Waals surface area (Å²) in [5.74, 6) is 0.698. The van der Waals surface area contributed by atoms with Crippen molar-refractivity contribution in [3.63, 3.8) is 0 Å². The van der Waals surface area contributed by atoms with Crippen molar-refractivity contribution in [2.75, 3.05) is 0 Å². The average molecular weight is 740 g/mol. The second-order valence-corrected chi connectivity index (χ2v) is 16.1. The third-order valence-corrected chi connectivity index (χ3v) is 12.5. The number of hydrogen-bond donors (Lipinski definition) is 0. The zero-order valence-corrected chi connectivity index (χ0v) is 32.2. The molecule has 0 spiro atoms. The fourth-order valence-electron chi connectivity index (χ4n) is 9.90. The van der Waals surface area contributed by atoms with Crippen LogP contribution in [0.15, 0.2) is 188 Å². The Hall–Kier alpha value is -7.36. The highest BCUT2D eigenvalue weighted by Crippen LogP contribution is 2.53. The zero-order chi connectivity index (χ0) is 38.5. The molecule has 0 amide bonds. The van der Waals surface area contributed by atoms with E-state index in [1.54, 1.807) is 0 Å². The van der Waals surface area contributed by atoms with Crippen LogP contribution >= 0.6 is 0 Å². The van der Waals surface area contributed by atoms with Gasteiger partial charge < -0.3 is 4.57 Å². The Morgan fingerprint density at radius 2 is 0.948 bits per heavy atom. The van der Waals surface area contributed by atoms with Crippen LogP contribution in [0.5, 0.6) is 0 Å². The number of fused-ring (bicyclic) bond motifs is 13. The number of nitrogens with zero attached hydrogens (tertiary/aromatic N) is 3. The van der Waals surface area contributed by atoms with Gasteiger partial charge in [-0.3, -0.25) is 0 Å². The lowest BCUT2D eigenvalue weighted by Gasteiger charge is -2.23. The van der Waals surface area contributed by atoms with Gasteiger partial charge in [-0.1, -0.05) is 172 Å². The molecule has 11 aromatic rings. The third-order valence-electron chi connectivity index (χ3n) is 12.5. The highest BCUT2D eigenvalue weighted by atomic mass is 15.0. The Morgan fingerprint density at radius 3 is 1.60 bits per heavy atom. The van der Waals surface area contributed by atoms with E-state index in [4.69, 9.17) is 9.97 Å². The first-order valence-corrected chi connectivity index (χ1v) is 20.1. The summed E-state index contributed by atoms with van der Waals surface area (Å²) in [6, 6.07) is 68.1. The van der Waals surface area contributed by atoms with Gasteiger partial charge in [0, 0.05) is 38.6 Å². The van der Waals surface area contributed by atoms with E-state index >= 15 is 0 Å². The summed E-state index contributed by atoms with van der Waals surface area (Å²) in [5.41, 5.74) is 13.5. The van der Waals surface area contributed by atoms with E-state index in [1.165, 1.54) is 76.4 Å². The van der Waals surface area contributed by atoms with Gasteiger partial charge in [0.05, 0.1) is 22.4 Å². The van der Waals surface area contributed by atoms with Gasteiger partial charge >= 0.3 is 0 Å². The van der Waals surface area contributed by atoms with Crippen molar-refractivity contribution < 1.29 is 0 Å². The molecule has 0 bridgehead atoms. The standard InChI is InChI=1S/C55H37N3/c1-55(2)48-27-14-13-26-42(48)43-28-29-44-47-31-45-40-24-11-9-22-38(40)39-23-10-12-25-41(39)46(45)32-51(47)58(53(44)52(43)55)37-21-15-20-36(30-37)54-56-49(34-16-5-3-6-17-34)33-50(57-54)35-18-7-4-8-19-35/h3-33H,1-2H3. The Bertz CT molecular complexity index is 3410. The Morgan fingerprint density at radius 1 is 0.397 bits per heavy atom. The Kier molecular flexibility index (Phi) is 6.98. The van der Waals surface area contributed by atoms with Gasteiger partial charge in [-0.2, -0.15) is 0 Å². The summed E-state index contributed by atoms with van der Waals surface area (Å²) in [6.07, 6.45) is 0. The number of benzene rings is 9. The van der Waals surface area contributed by atoms with E-state index in [1.807, 2.05) is 12.1 Å². The minimum absolute atomic E-state index is 0.217. The molecule has 0 aliphatic heterocycles. The predicted octanol–water partition coefficient (Wildman–Crippen LogP) is 14.3. The summed E-state index contributed by atoms with van der Waals surface area (Å²) in [7, 11) is 0. The summed E-state index contributed by atoms with van der Waals surface area (Å²) in [5, 5.41) is 10.1. The van der Waals surface area contributed by atoms with Crippen LogP contribution in [0.3, 0.4) is 0 Å². The maximum Gasteiger partial charge on any atom is 0.160 e. The first kappa shape index (κ1) is 32.8. The van der Waals surface area contributed by atoms with Crippen molar-refractivity contribution in [3.05, 3.63) is 199 Å². The van der Waals surface area contributed by atoms with Crippen LogP contribution in [-0.2, 0) is 5.41 Å². The maximum atomic E-state index is 5.24. The molecule has 3 heteroatoms. The van der Waals surface area contributed by atoms with Gasteiger partial charge in [0.25, 0.3) is 0 Å². The molecule has 1 aliphatic carbocycles. The van der Waals surface area contributed by atoms with Gasteiger partial charge in [0.2, 0.25) is 0 Å². The second kappa shape index (κ2) is 12.3. The van der Waals surface area contributed by atoms with Gasteiger partial charge in [0.1, 0.15) is 0 Å². The molecule has 2 heterocycles. The minimum atomic E-state index is -0.217. The average Bonchev–Trinajstić information content (AvgIpc) is 3.74. The number of hydrogen-bond acceptors (Lipinski definition) is 2. The number of aromatic nitrogens is 3. The molecular formula is C55H37N3. The van der Waals surface area contributed by atoms with Crippen LogP contribution in [0.25, 0.3) is 105 Å². The fourth-order valence-corrected chi connectivity index (χ4v) is 9.90. The monoisotopic (exact) mass is 739 g/mol. The predicted molar refractivity (Wildman–Crippen MR) is 243 cm³/mol. The molecular weight excluding hydrogens is 703 g/mol. The van der Waals surface area contributed by atoms with Crippen molar-refractivity contribution in [3.8, 4) is 50.7 Å². The lowest BCUT2D eigenvalue weighted by Crippen LogP contribution is -2.16. The van der Waals surface area contributed by atoms with Crippen molar-refractivity contribution in [1.29, 1.82) is 0 Å². The molecule has 0 atom stereocenters. The molecule has 3 nitrogen and oxygen atoms in total. The van der Waals surface area contributed by atoms with E-state index in [2.05, 4.69) is 194 Å². The molecule has 0 fully saturated rings. The summed E-state index contributed by atoms with van der Waals surface area (Å²) >= 11 is 0. The van der Waals surface area contributed by atoms with E-state index in [0.29, 0.717) is 5.82 Å². The Labute approximate surface area is 336 Å². The van der Waals surface area contributed by atoms with Crippen molar-refractivity contribution in [1.82, 2.24) is 14.5 Å². The molecule has 0 radical (unpaired) electrons. The maximum absolute atomic E-state index is 5.24. The van der Waals surface area contributed by atoms with E-state index in [9.17, 15) is 0 Å². The quantitative estimate of drug-likeness (QED) is 0.168. The fraction of sp³-hybridized carbons (Fsp3) is 0.0545. The Balaban J connectivity index is 1.18. The third kappa shape index (κ3) is 4.74. The molecule has 1 aliphatic rings. The summed E-state index contributed by atoms with van der Waals surface area (Å²) < 4.78 is 2.53. The van der Waals surface area contributed by atoms with Crippen LogP contribution in [0.2, 0.25) is 0 Å². The van der Waals surface area contributed by atoms with Gasteiger partial charge in [-0.15, -0.1) is 0 Å². The summed E-state index contributed by atoms with van der Waals surface area (Å²) in [4.78, 5) is 10.5. The van der Waals surface area contributed by atoms with Gasteiger partial charge in [0.15, 0.2) is 5.82 Å². The highest BCUT2D eigenvalue weighted by molar-refractivity contribution is 6.29. The highest BCUT2D eigenvalue weighted by Gasteiger charge is 2.38. The van der Waals surface area contributed by atoms with Crippen LogP contribution in [-0.4, -0.2) is 14.5 Å². The van der Waals surface area contributed by atoms with E-state index in [0.717, 1.165) is 33.8 Å². The molecule has 0 saturated heterocycles. The molecule has 2 aromatic heterocycles. The largest absolute Gasteiger partial charge is 0.309 e. The second-order valence-electron chi connectivity index (χ2n) is 16.1. The van der Waals surface area contributed by atoms with Crippen LogP contribution < -0.4 is 0 Å². The summed E-state index contributed by atoms with van der Waals surface area (Å²) in [6.45, 7) is 4.78. The minimum Gasteiger partial charge on any atom is -0.309 e. The zero-order valence-electron chi connectivity index (χ0n) is 32.2. The van der Waals surface area contributed by atoms with Gasteiger partial charge in [-0.05, 0) is 84.9 Å². The van der Waals surface area contributed by atoms with Crippen LogP contribution in [0, 0.1) is 0 Å². The van der Waals surface area contributed by atoms with E-state index in [-0.39, 0.29) is 5.41 Å². The van der Waals surface area contributed by atoms with Crippen LogP contribution in [0.1, 0.15) is 25.0 Å². The normalized spacial score (nSPS) is 13.1. The molecule has 58 heavy (non-hydrogen) atoms. The topological polar surface area (TPSA) is 30.7 Å². The van der Waals surface area contributed by atoms with Crippen molar-refractivity contribution in [2.45, 2.75) is 19.3 Å². The van der Waals surface area contributed by atoms with Crippen LogP contribution in [0.4, 0.5) is 0 Å². The molecule has 0 unspecified atom stereocenters.